The second-order valence-corrected chi connectivity index (χ2v) is 5.49. The molecular weight excluding hydrogens is 278 g/mol. The minimum Gasteiger partial charge on any atom is -0.259 e. The van der Waals surface area contributed by atoms with Gasteiger partial charge in [0.2, 0.25) is 0 Å². The van der Waals surface area contributed by atoms with E-state index in [9.17, 15) is 0 Å². The second-order valence-electron chi connectivity index (χ2n) is 5.05. The van der Waals surface area contributed by atoms with E-state index >= 15 is 0 Å². The van der Waals surface area contributed by atoms with E-state index in [4.69, 9.17) is 11.6 Å². The van der Waals surface area contributed by atoms with Crippen molar-refractivity contribution in [2.75, 3.05) is 0 Å². The van der Waals surface area contributed by atoms with E-state index in [1.165, 1.54) is 11.1 Å². The zero-order valence-electron chi connectivity index (χ0n) is 11.6. The van der Waals surface area contributed by atoms with Crippen LogP contribution in [0.5, 0.6) is 0 Å². The van der Waals surface area contributed by atoms with Crippen molar-refractivity contribution in [3.05, 3.63) is 101 Å². The predicted molar refractivity (Wildman–Crippen MR) is 87.7 cm³/mol. The van der Waals surface area contributed by atoms with Gasteiger partial charge in [-0.1, -0.05) is 72.3 Å². The lowest BCUT2D eigenvalue weighted by Gasteiger charge is -2.17. The quantitative estimate of drug-likeness (QED) is 0.651. The van der Waals surface area contributed by atoms with Crippen molar-refractivity contribution in [1.29, 1.82) is 0 Å². The SMILES string of the molecule is Clc1ccc([C@H](Cc2ccccc2)c2ccccc2)nc1. The molecule has 1 atom stereocenters. The monoisotopic (exact) mass is 293 g/mol. The third kappa shape index (κ3) is 3.50. The highest BCUT2D eigenvalue weighted by atomic mass is 35.5. The molecule has 3 aromatic rings. The third-order valence-corrected chi connectivity index (χ3v) is 3.82. The fraction of sp³-hybridized carbons (Fsp3) is 0.105. The maximum Gasteiger partial charge on any atom is 0.0589 e. The molecule has 2 aromatic carbocycles. The van der Waals surface area contributed by atoms with Gasteiger partial charge in [0.25, 0.3) is 0 Å². The molecule has 0 saturated carbocycles. The molecule has 1 nitrogen and oxygen atoms in total. The Hall–Kier alpha value is -2.12. The van der Waals surface area contributed by atoms with E-state index in [1.54, 1.807) is 6.20 Å². The molecule has 0 bridgehead atoms. The van der Waals surface area contributed by atoms with Gasteiger partial charge in [-0.15, -0.1) is 0 Å². The lowest BCUT2D eigenvalue weighted by Crippen LogP contribution is -2.07. The molecule has 2 heteroatoms. The van der Waals surface area contributed by atoms with Crippen LogP contribution in [-0.2, 0) is 6.42 Å². The number of benzene rings is 2. The zero-order valence-corrected chi connectivity index (χ0v) is 12.4. The van der Waals surface area contributed by atoms with Crippen LogP contribution in [0.25, 0.3) is 0 Å². The summed E-state index contributed by atoms with van der Waals surface area (Å²) in [6.07, 6.45) is 2.65. The first-order valence-electron chi connectivity index (χ1n) is 7.03. The first kappa shape index (κ1) is 13.8. The summed E-state index contributed by atoms with van der Waals surface area (Å²) in [4.78, 5) is 4.52. The van der Waals surface area contributed by atoms with Gasteiger partial charge in [-0.25, -0.2) is 0 Å². The summed E-state index contributed by atoms with van der Waals surface area (Å²) in [5.74, 6) is 0.242. The summed E-state index contributed by atoms with van der Waals surface area (Å²) in [5.41, 5.74) is 3.63. The number of rotatable bonds is 4. The smallest absolute Gasteiger partial charge is 0.0589 e. The van der Waals surface area contributed by atoms with E-state index in [2.05, 4.69) is 53.5 Å². The van der Waals surface area contributed by atoms with Crippen LogP contribution in [0.4, 0.5) is 0 Å². The lowest BCUT2D eigenvalue weighted by atomic mass is 9.89. The maximum atomic E-state index is 5.96. The Morgan fingerprint density at radius 3 is 2.10 bits per heavy atom. The van der Waals surface area contributed by atoms with Crippen LogP contribution in [0, 0.1) is 0 Å². The highest BCUT2D eigenvalue weighted by molar-refractivity contribution is 6.30. The van der Waals surface area contributed by atoms with Gasteiger partial charge in [0.1, 0.15) is 0 Å². The Morgan fingerprint density at radius 1 is 0.810 bits per heavy atom. The minimum atomic E-state index is 0.242. The Morgan fingerprint density at radius 2 is 1.48 bits per heavy atom. The van der Waals surface area contributed by atoms with Crippen LogP contribution in [-0.4, -0.2) is 4.98 Å². The normalized spacial score (nSPS) is 12.0. The van der Waals surface area contributed by atoms with Crippen LogP contribution in [0.3, 0.4) is 0 Å². The predicted octanol–water partition coefficient (Wildman–Crippen LogP) is 5.11. The average Bonchev–Trinajstić information content (AvgIpc) is 2.55. The number of aromatic nitrogens is 1. The van der Waals surface area contributed by atoms with Gasteiger partial charge in [0, 0.05) is 17.8 Å². The van der Waals surface area contributed by atoms with Crippen LogP contribution in [0.1, 0.15) is 22.7 Å². The van der Waals surface area contributed by atoms with Gasteiger partial charge < -0.3 is 0 Å². The summed E-state index contributed by atoms with van der Waals surface area (Å²) >= 11 is 5.96. The Balaban J connectivity index is 1.97. The van der Waals surface area contributed by atoms with Crippen LogP contribution >= 0.6 is 11.6 Å². The van der Waals surface area contributed by atoms with Gasteiger partial charge >= 0.3 is 0 Å². The third-order valence-electron chi connectivity index (χ3n) is 3.59. The molecule has 0 radical (unpaired) electrons. The van der Waals surface area contributed by atoms with Gasteiger partial charge in [-0.3, -0.25) is 4.98 Å². The largest absolute Gasteiger partial charge is 0.259 e. The molecule has 0 N–H and O–H groups in total. The van der Waals surface area contributed by atoms with E-state index in [0.717, 1.165) is 12.1 Å². The molecule has 0 aliphatic heterocycles. The van der Waals surface area contributed by atoms with Gasteiger partial charge in [0.05, 0.1) is 5.02 Å². The highest BCUT2D eigenvalue weighted by Gasteiger charge is 2.16. The Bertz CT molecular complexity index is 678. The molecule has 3 rings (SSSR count). The molecule has 0 amide bonds. The first-order valence-corrected chi connectivity index (χ1v) is 7.41. The van der Waals surface area contributed by atoms with Gasteiger partial charge in [0.15, 0.2) is 0 Å². The number of halogens is 1. The van der Waals surface area contributed by atoms with E-state index in [-0.39, 0.29) is 5.92 Å². The van der Waals surface area contributed by atoms with Gasteiger partial charge in [-0.2, -0.15) is 0 Å². The Kier molecular flexibility index (Phi) is 4.32. The van der Waals surface area contributed by atoms with E-state index < -0.39 is 0 Å². The van der Waals surface area contributed by atoms with Crippen molar-refractivity contribution < 1.29 is 0 Å². The molecule has 1 aromatic heterocycles. The molecule has 0 unspecified atom stereocenters. The fourth-order valence-corrected chi connectivity index (χ4v) is 2.63. The summed E-state index contributed by atoms with van der Waals surface area (Å²) < 4.78 is 0. The Labute approximate surface area is 130 Å². The second kappa shape index (κ2) is 6.55. The molecule has 0 aliphatic rings. The van der Waals surface area contributed by atoms with Crippen LogP contribution in [0.15, 0.2) is 79.0 Å². The summed E-state index contributed by atoms with van der Waals surface area (Å²) in [7, 11) is 0. The van der Waals surface area contributed by atoms with Crippen LogP contribution in [0.2, 0.25) is 5.02 Å². The lowest BCUT2D eigenvalue weighted by molar-refractivity contribution is 0.774. The molecule has 0 aliphatic carbocycles. The molecule has 21 heavy (non-hydrogen) atoms. The number of hydrogen-bond acceptors (Lipinski definition) is 1. The van der Waals surface area contributed by atoms with E-state index in [1.807, 2.05) is 24.3 Å². The molecule has 104 valence electrons. The highest BCUT2D eigenvalue weighted by Crippen LogP contribution is 2.27. The number of hydrogen-bond donors (Lipinski definition) is 0. The van der Waals surface area contributed by atoms with Crippen LogP contribution < -0.4 is 0 Å². The molecular formula is C19H16ClN. The standard InChI is InChI=1S/C19H16ClN/c20-17-11-12-19(21-14-17)18(16-9-5-2-6-10-16)13-15-7-3-1-4-8-15/h1-12,14,18H,13H2/t18-/m1/s1. The molecule has 1 heterocycles. The first-order chi connectivity index (χ1) is 10.3. The zero-order chi connectivity index (χ0) is 14.5. The topological polar surface area (TPSA) is 12.9 Å². The minimum absolute atomic E-state index is 0.242. The van der Waals surface area contributed by atoms with Crippen molar-refractivity contribution >= 4 is 11.6 Å². The maximum absolute atomic E-state index is 5.96. The molecule has 0 saturated heterocycles. The number of nitrogens with zero attached hydrogens (tertiary/aromatic N) is 1. The average molecular weight is 294 g/mol. The summed E-state index contributed by atoms with van der Waals surface area (Å²) in [6, 6.07) is 24.9. The summed E-state index contributed by atoms with van der Waals surface area (Å²) in [5, 5.41) is 0.672. The molecule has 0 fully saturated rings. The van der Waals surface area contributed by atoms with Crippen molar-refractivity contribution in [2.45, 2.75) is 12.3 Å². The van der Waals surface area contributed by atoms with Crippen molar-refractivity contribution in [3.63, 3.8) is 0 Å². The fourth-order valence-electron chi connectivity index (χ4n) is 2.52. The van der Waals surface area contributed by atoms with Crippen molar-refractivity contribution in [1.82, 2.24) is 4.98 Å². The summed E-state index contributed by atoms with van der Waals surface area (Å²) in [6.45, 7) is 0. The van der Waals surface area contributed by atoms with Crippen molar-refractivity contribution in [2.24, 2.45) is 0 Å². The van der Waals surface area contributed by atoms with Crippen molar-refractivity contribution in [3.8, 4) is 0 Å². The molecule has 0 spiro atoms. The van der Waals surface area contributed by atoms with E-state index in [0.29, 0.717) is 5.02 Å². The number of pyridine rings is 1. The van der Waals surface area contributed by atoms with Gasteiger partial charge in [-0.05, 0) is 29.7 Å².